The van der Waals surface area contributed by atoms with Crippen LogP contribution >= 0.6 is 0 Å². The zero-order valence-electron chi connectivity index (χ0n) is 16.4. The van der Waals surface area contributed by atoms with E-state index in [4.69, 9.17) is 4.74 Å². The number of benzene rings is 2. The lowest BCUT2D eigenvalue weighted by molar-refractivity contribution is -0.124. The minimum atomic E-state index is -0.525. The molecule has 2 amide bonds. The van der Waals surface area contributed by atoms with Gasteiger partial charge in [0.05, 0.1) is 5.56 Å². The van der Waals surface area contributed by atoms with Crippen LogP contribution in [-0.2, 0) is 17.6 Å². The number of carbonyl (C=O) groups excluding carboxylic acids is 2. The molecule has 28 heavy (non-hydrogen) atoms. The van der Waals surface area contributed by atoms with Gasteiger partial charge in [-0.3, -0.25) is 9.59 Å². The summed E-state index contributed by atoms with van der Waals surface area (Å²) in [5.74, 6) is 0.441. The average molecular weight is 378 g/mol. The first-order valence-corrected chi connectivity index (χ1v) is 9.88. The van der Waals surface area contributed by atoms with Crippen molar-refractivity contribution in [2.45, 2.75) is 44.8 Å². The van der Waals surface area contributed by atoms with Crippen LogP contribution in [0.4, 0.5) is 0 Å². The molecule has 0 aliphatic carbocycles. The third-order valence-corrected chi connectivity index (χ3v) is 5.41. The summed E-state index contributed by atoms with van der Waals surface area (Å²) in [6.07, 6.45) is 2.02. The fraction of sp³-hybridized carbons (Fsp3) is 0.391. The Morgan fingerprint density at radius 3 is 2.75 bits per heavy atom. The first kappa shape index (κ1) is 18.5. The van der Waals surface area contributed by atoms with Crippen LogP contribution in [0.1, 0.15) is 41.8 Å². The molecule has 2 aliphatic heterocycles. The van der Waals surface area contributed by atoms with Crippen LogP contribution < -0.4 is 10.1 Å². The molecule has 1 N–H and O–H groups in total. The Hall–Kier alpha value is -2.82. The molecule has 0 bridgehead atoms. The smallest absolute Gasteiger partial charge is 0.258 e. The highest BCUT2D eigenvalue weighted by molar-refractivity contribution is 6.00. The molecule has 4 rings (SSSR count). The number of nitrogens with one attached hydrogen (secondary N) is 1. The SMILES string of the molecule is CC1(C)Cc2cccc(C(=O)N3CCCNC(=O)C3Cc3ccccc3)c2O1. The second kappa shape index (κ2) is 7.30. The molecular formula is C23H26N2O3. The summed E-state index contributed by atoms with van der Waals surface area (Å²) in [7, 11) is 0. The van der Waals surface area contributed by atoms with Crippen molar-refractivity contribution >= 4 is 11.8 Å². The largest absolute Gasteiger partial charge is 0.486 e. The first-order chi connectivity index (χ1) is 13.4. The predicted molar refractivity (Wildman–Crippen MR) is 107 cm³/mol. The standard InChI is InChI=1S/C23H26N2O3/c1-23(2)15-17-10-6-11-18(20(17)28-23)22(27)25-13-7-12-24-21(26)19(25)14-16-8-4-3-5-9-16/h3-6,8-11,19H,7,12-15H2,1-2H3,(H,24,26). The lowest BCUT2D eigenvalue weighted by atomic mass is 9.99. The van der Waals surface area contributed by atoms with Gasteiger partial charge in [-0.15, -0.1) is 0 Å². The van der Waals surface area contributed by atoms with E-state index in [0.29, 0.717) is 30.8 Å². The fourth-order valence-corrected chi connectivity index (χ4v) is 4.10. The van der Waals surface area contributed by atoms with Gasteiger partial charge in [0.15, 0.2) is 0 Å². The van der Waals surface area contributed by atoms with Crippen molar-refractivity contribution in [3.63, 3.8) is 0 Å². The Labute approximate surface area is 165 Å². The Morgan fingerprint density at radius 2 is 1.96 bits per heavy atom. The number of fused-ring (bicyclic) bond motifs is 1. The highest BCUT2D eigenvalue weighted by Gasteiger charge is 2.37. The summed E-state index contributed by atoms with van der Waals surface area (Å²) in [5, 5.41) is 2.95. The molecule has 2 aliphatic rings. The van der Waals surface area contributed by atoms with Crippen molar-refractivity contribution < 1.29 is 14.3 Å². The van der Waals surface area contributed by atoms with Crippen LogP contribution in [0, 0.1) is 0 Å². The second-order valence-corrected chi connectivity index (χ2v) is 8.18. The Balaban J connectivity index is 1.67. The highest BCUT2D eigenvalue weighted by Crippen LogP contribution is 2.38. The van der Waals surface area contributed by atoms with Crippen molar-refractivity contribution in [2.75, 3.05) is 13.1 Å². The lowest BCUT2D eigenvalue weighted by Gasteiger charge is -2.29. The molecule has 0 saturated carbocycles. The van der Waals surface area contributed by atoms with Gasteiger partial charge in [0, 0.05) is 25.9 Å². The zero-order valence-corrected chi connectivity index (χ0v) is 16.4. The average Bonchev–Trinajstić information content (AvgIpc) is 2.89. The second-order valence-electron chi connectivity index (χ2n) is 8.18. The molecule has 1 unspecified atom stereocenters. The number of amides is 2. The molecule has 1 saturated heterocycles. The van der Waals surface area contributed by atoms with Crippen molar-refractivity contribution in [3.8, 4) is 5.75 Å². The molecule has 1 atom stereocenters. The Kier molecular flexibility index (Phi) is 4.84. The third kappa shape index (κ3) is 3.61. The van der Waals surface area contributed by atoms with E-state index < -0.39 is 6.04 Å². The minimum absolute atomic E-state index is 0.0940. The van der Waals surface area contributed by atoms with Crippen molar-refractivity contribution in [1.29, 1.82) is 0 Å². The summed E-state index contributed by atoms with van der Waals surface area (Å²) in [6.45, 7) is 5.18. The third-order valence-electron chi connectivity index (χ3n) is 5.41. The van der Waals surface area contributed by atoms with E-state index in [-0.39, 0.29) is 17.4 Å². The molecule has 0 aromatic heterocycles. The van der Waals surface area contributed by atoms with Crippen LogP contribution in [0.5, 0.6) is 5.75 Å². The number of nitrogens with zero attached hydrogens (tertiary/aromatic N) is 1. The van der Waals surface area contributed by atoms with Crippen LogP contribution in [0.15, 0.2) is 48.5 Å². The first-order valence-electron chi connectivity index (χ1n) is 9.88. The minimum Gasteiger partial charge on any atom is -0.486 e. The number of carbonyl (C=O) groups is 2. The normalized spacial score (nSPS) is 20.7. The van der Waals surface area contributed by atoms with Crippen molar-refractivity contribution in [2.24, 2.45) is 0 Å². The summed E-state index contributed by atoms with van der Waals surface area (Å²) in [5.41, 5.74) is 2.32. The summed E-state index contributed by atoms with van der Waals surface area (Å²) in [4.78, 5) is 28.0. The van der Waals surface area contributed by atoms with E-state index in [9.17, 15) is 9.59 Å². The highest BCUT2D eigenvalue weighted by atomic mass is 16.5. The van der Waals surface area contributed by atoms with Gasteiger partial charge in [-0.05, 0) is 37.5 Å². The molecule has 0 radical (unpaired) electrons. The van der Waals surface area contributed by atoms with Gasteiger partial charge in [-0.2, -0.15) is 0 Å². The van der Waals surface area contributed by atoms with E-state index in [0.717, 1.165) is 24.0 Å². The predicted octanol–water partition coefficient (Wildman–Crippen LogP) is 2.97. The lowest BCUT2D eigenvalue weighted by Crippen LogP contribution is -2.48. The topological polar surface area (TPSA) is 58.6 Å². The van der Waals surface area contributed by atoms with E-state index in [1.807, 2.05) is 62.4 Å². The van der Waals surface area contributed by atoms with Gasteiger partial charge in [0.2, 0.25) is 5.91 Å². The maximum atomic E-state index is 13.5. The van der Waals surface area contributed by atoms with Gasteiger partial charge in [0.1, 0.15) is 17.4 Å². The molecule has 0 spiro atoms. The molecule has 5 nitrogen and oxygen atoms in total. The molecule has 2 aromatic carbocycles. The molecule has 2 heterocycles. The quantitative estimate of drug-likeness (QED) is 0.893. The number of hydrogen-bond donors (Lipinski definition) is 1. The number of rotatable bonds is 3. The van der Waals surface area contributed by atoms with Crippen molar-refractivity contribution in [1.82, 2.24) is 10.2 Å². The summed E-state index contributed by atoms with van der Waals surface area (Å²) < 4.78 is 6.10. The van der Waals surface area contributed by atoms with Crippen LogP contribution in [0.25, 0.3) is 0 Å². The summed E-state index contributed by atoms with van der Waals surface area (Å²) in [6, 6.07) is 15.0. The monoisotopic (exact) mass is 378 g/mol. The molecule has 146 valence electrons. The van der Waals surface area contributed by atoms with Gasteiger partial charge < -0.3 is 15.0 Å². The molecule has 5 heteroatoms. The zero-order chi connectivity index (χ0) is 19.7. The van der Waals surface area contributed by atoms with Gasteiger partial charge in [-0.1, -0.05) is 42.5 Å². The van der Waals surface area contributed by atoms with E-state index >= 15 is 0 Å². The number of para-hydroxylation sites is 1. The van der Waals surface area contributed by atoms with E-state index in [1.165, 1.54) is 0 Å². The number of ether oxygens (including phenoxy) is 1. The summed E-state index contributed by atoms with van der Waals surface area (Å²) >= 11 is 0. The molecule has 1 fully saturated rings. The Bertz CT molecular complexity index is 892. The van der Waals surface area contributed by atoms with Crippen LogP contribution in [0.2, 0.25) is 0 Å². The van der Waals surface area contributed by atoms with Crippen LogP contribution in [0.3, 0.4) is 0 Å². The molecule has 2 aromatic rings. The fourth-order valence-electron chi connectivity index (χ4n) is 4.10. The van der Waals surface area contributed by atoms with Gasteiger partial charge >= 0.3 is 0 Å². The van der Waals surface area contributed by atoms with Gasteiger partial charge in [0.25, 0.3) is 5.91 Å². The van der Waals surface area contributed by atoms with Gasteiger partial charge in [-0.25, -0.2) is 0 Å². The number of hydrogen-bond acceptors (Lipinski definition) is 3. The maximum Gasteiger partial charge on any atom is 0.258 e. The molecular weight excluding hydrogens is 352 g/mol. The van der Waals surface area contributed by atoms with Crippen molar-refractivity contribution in [3.05, 3.63) is 65.2 Å². The Morgan fingerprint density at radius 1 is 1.18 bits per heavy atom. The van der Waals surface area contributed by atoms with E-state index in [2.05, 4.69) is 5.32 Å². The van der Waals surface area contributed by atoms with E-state index in [1.54, 1.807) is 4.90 Å². The van der Waals surface area contributed by atoms with Crippen LogP contribution in [-0.4, -0.2) is 41.4 Å². The maximum absolute atomic E-state index is 13.5.